The van der Waals surface area contributed by atoms with Crippen LogP contribution in [0.1, 0.15) is 15.2 Å². The number of benzene rings is 1. The van der Waals surface area contributed by atoms with Gasteiger partial charge in [0, 0.05) is 12.8 Å². The molecule has 128 valence electrons. The van der Waals surface area contributed by atoms with E-state index in [1.807, 2.05) is 30.3 Å². The van der Waals surface area contributed by atoms with E-state index >= 15 is 0 Å². The molecule has 0 saturated heterocycles. The van der Waals surface area contributed by atoms with Gasteiger partial charge in [-0.25, -0.2) is 8.42 Å². The molecule has 0 aliphatic heterocycles. The van der Waals surface area contributed by atoms with Crippen molar-refractivity contribution in [1.82, 2.24) is 4.90 Å². The van der Waals surface area contributed by atoms with Gasteiger partial charge in [0.25, 0.3) is 5.91 Å². The molecule has 0 bridgehead atoms. The van der Waals surface area contributed by atoms with Crippen molar-refractivity contribution in [2.24, 2.45) is 0 Å². The summed E-state index contributed by atoms with van der Waals surface area (Å²) in [6, 6.07) is 12.2. The van der Waals surface area contributed by atoms with Crippen molar-refractivity contribution in [3.8, 4) is 0 Å². The standard InChI is InChI=1S/C16H17NO5S2/c1-24(21,22)15-8-7-13(23-15)16(20)17(11-14(18)19)10-9-12-5-3-2-4-6-12/h2-8H,9-11H2,1H3,(H,18,19). The fourth-order valence-electron chi connectivity index (χ4n) is 2.11. The van der Waals surface area contributed by atoms with E-state index in [1.165, 1.54) is 17.0 Å². The summed E-state index contributed by atoms with van der Waals surface area (Å²) in [6.07, 6.45) is 1.58. The van der Waals surface area contributed by atoms with Crippen molar-refractivity contribution in [1.29, 1.82) is 0 Å². The third kappa shape index (κ3) is 4.90. The van der Waals surface area contributed by atoms with Gasteiger partial charge in [-0.3, -0.25) is 9.59 Å². The monoisotopic (exact) mass is 367 g/mol. The number of rotatable bonds is 7. The number of carboxylic acids is 1. The molecule has 6 nitrogen and oxygen atoms in total. The zero-order valence-corrected chi connectivity index (χ0v) is 14.6. The average Bonchev–Trinajstić information content (AvgIpc) is 3.01. The zero-order valence-electron chi connectivity index (χ0n) is 13.0. The highest BCUT2D eigenvalue weighted by molar-refractivity contribution is 7.92. The molecule has 24 heavy (non-hydrogen) atoms. The van der Waals surface area contributed by atoms with Crippen LogP contribution in [0, 0.1) is 0 Å². The molecule has 1 amide bonds. The summed E-state index contributed by atoms with van der Waals surface area (Å²) >= 11 is 0.853. The largest absolute Gasteiger partial charge is 0.480 e. The van der Waals surface area contributed by atoms with Gasteiger partial charge in [0.15, 0.2) is 9.84 Å². The highest BCUT2D eigenvalue weighted by atomic mass is 32.2. The van der Waals surface area contributed by atoms with Crippen LogP contribution in [0.4, 0.5) is 0 Å². The Hall–Kier alpha value is -2.19. The second kappa shape index (κ2) is 7.59. The van der Waals surface area contributed by atoms with Gasteiger partial charge in [0.1, 0.15) is 10.8 Å². The van der Waals surface area contributed by atoms with Crippen LogP contribution in [0.25, 0.3) is 0 Å². The minimum atomic E-state index is -3.39. The van der Waals surface area contributed by atoms with Crippen molar-refractivity contribution in [2.75, 3.05) is 19.3 Å². The third-order valence-corrected chi connectivity index (χ3v) is 6.18. The smallest absolute Gasteiger partial charge is 0.323 e. The molecule has 2 aromatic rings. The van der Waals surface area contributed by atoms with Gasteiger partial charge >= 0.3 is 5.97 Å². The normalized spacial score (nSPS) is 11.2. The predicted octanol–water partition coefficient (Wildman–Crippen LogP) is 1.92. The zero-order chi connectivity index (χ0) is 17.7. The van der Waals surface area contributed by atoms with E-state index in [4.69, 9.17) is 5.11 Å². The van der Waals surface area contributed by atoms with Crippen LogP contribution in [0.3, 0.4) is 0 Å². The molecule has 0 fully saturated rings. The molecule has 0 atom stereocenters. The SMILES string of the molecule is CS(=O)(=O)c1ccc(C(=O)N(CCc2ccccc2)CC(=O)O)s1. The fraction of sp³-hybridized carbons (Fsp3) is 0.250. The van der Waals surface area contributed by atoms with E-state index < -0.39 is 28.3 Å². The van der Waals surface area contributed by atoms with E-state index in [-0.39, 0.29) is 15.6 Å². The first-order valence-corrected chi connectivity index (χ1v) is 9.83. The van der Waals surface area contributed by atoms with Crippen LogP contribution in [-0.4, -0.2) is 49.6 Å². The van der Waals surface area contributed by atoms with Crippen LogP contribution in [-0.2, 0) is 21.1 Å². The van der Waals surface area contributed by atoms with Crippen molar-refractivity contribution in [2.45, 2.75) is 10.6 Å². The van der Waals surface area contributed by atoms with Crippen LogP contribution in [0.15, 0.2) is 46.7 Å². The predicted molar refractivity (Wildman–Crippen MR) is 91.1 cm³/mol. The summed E-state index contributed by atoms with van der Waals surface area (Å²) < 4.78 is 23.1. The summed E-state index contributed by atoms with van der Waals surface area (Å²) in [5.74, 6) is -1.59. The maximum Gasteiger partial charge on any atom is 0.323 e. The number of thiophene rings is 1. The Morgan fingerprint density at radius 2 is 1.79 bits per heavy atom. The lowest BCUT2D eigenvalue weighted by Gasteiger charge is -2.20. The van der Waals surface area contributed by atoms with Gasteiger partial charge in [-0.15, -0.1) is 11.3 Å². The molecule has 8 heteroatoms. The molecule has 0 aliphatic carbocycles. The molecule has 2 rings (SSSR count). The molecule has 0 spiro atoms. The number of carbonyl (C=O) groups is 2. The van der Waals surface area contributed by atoms with E-state index in [1.54, 1.807) is 0 Å². The Bertz CT molecular complexity index is 827. The molecule has 1 N–H and O–H groups in total. The molecule has 1 aromatic heterocycles. The lowest BCUT2D eigenvalue weighted by atomic mass is 10.1. The molecule has 1 heterocycles. The second-order valence-corrected chi connectivity index (χ2v) is 8.57. The van der Waals surface area contributed by atoms with Gasteiger partial charge in [0.05, 0.1) is 4.88 Å². The van der Waals surface area contributed by atoms with Crippen LogP contribution < -0.4 is 0 Å². The van der Waals surface area contributed by atoms with E-state index in [2.05, 4.69) is 0 Å². The number of hydrogen-bond acceptors (Lipinski definition) is 5. The number of sulfone groups is 1. The van der Waals surface area contributed by atoms with E-state index in [0.717, 1.165) is 23.2 Å². The minimum absolute atomic E-state index is 0.0872. The lowest BCUT2D eigenvalue weighted by molar-refractivity contribution is -0.137. The number of hydrogen-bond donors (Lipinski definition) is 1. The Kier molecular flexibility index (Phi) is 5.74. The quantitative estimate of drug-likeness (QED) is 0.807. The molecular weight excluding hydrogens is 350 g/mol. The molecule has 0 radical (unpaired) electrons. The van der Waals surface area contributed by atoms with Gasteiger partial charge in [-0.1, -0.05) is 30.3 Å². The average molecular weight is 367 g/mol. The summed E-state index contributed by atoms with van der Waals surface area (Å²) in [4.78, 5) is 25.0. The Balaban J connectivity index is 2.15. The number of carboxylic acid groups (broad SMARTS) is 1. The van der Waals surface area contributed by atoms with Crippen LogP contribution in [0.5, 0.6) is 0 Å². The highest BCUT2D eigenvalue weighted by Crippen LogP contribution is 2.23. The van der Waals surface area contributed by atoms with Crippen molar-refractivity contribution in [3.05, 3.63) is 52.9 Å². The Morgan fingerprint density at radius 3 is 2.33 bits per heavy atom. The van der Waals surface area contributed by atoms with E-state index in [0.29, 0.717) is 6.42 Å². The summed E-state index contributed by atoms with van der Waals surface area (Å²) in [5, 5.41) is 9.02. The number of aliphatic carboxylic acids is 1. The fourth-order valence-corrected chi connectivity index (χ4v) is 4.01. The topological polar surface area (TPSA) is 91.8 Å². The van der Waals surface area contributed by atoms with Crippen LogP contribution >= 0.6 is 11.3 Å². The van der Waals surface area contributed by atoms with Gasteiger partial charge in [-0.05, 0) is 24.1 Å². The number of nitrogens with zero attached hydrogens (tertiary/aromatic N) is 1. The van der Waals surface area contributed by atoms with Gasteiger partial charge in [0.2, 0.25) is 0 Å². The second-order valence-electron chi connectivity index (χ2n) is 5.25. The Labute approximate surface area is 144 Å². The molecule has 0 unspecified atom stereocenters. The van der Waals surface area contributed by atoms with Gasteiger partial charge < -0.3 is 10.0 Å². The van der Waals surface area contributed by atoms with Crippen molar-refractivity contribution in [3.63, 3.8) is 0 Å². The van der Waals surface area contributed by atoms with Crippen molar-refractivity contribution >= 4 is 33.1 Å². The first-order chi connectivity index (χ1) is 11.3. The molecular formula is C16H17NO5S2. The summed E-state index contributed by atoms with van der Waals surface area (Å²) in [7, 11) is -3.39. The highest BCUT2D eigenvalue weighted by Gasteiger charge is 2.22. The maximum atomic E-state index is 12.5. The van der Waals surface area contributed by atoms with Gasteiger partial charge in [-0.2, -0.15) is 0 Å². The maximum absolute atomic E-state index is 12.5. The summed E-state index contributed by atoms with van der Waals surface area (Å²) in [6.45, 7) is -0.195. The number of amides is 1. The first kappa shape index (κ1) is 18.2. The van der Waals surface area contributed by atoms with Crippen LogP contribution in [0.2, 0.25) is 0 Å². The number of carbonyl (C=O) groups excluding carboxylic acids is 1. The minimum Gasteiger partial charge on any atom is -0.480 e. The molecule has 0 aliphatic rings. The Morgan fingerprint density at radius 1 is 1.12 bits per heavy atom. The lowest BCUT2D eigenvalue weighted by Crippen LogP contribution is -2.36. The first-order valence-electron chi connectivity index (χ1n) is 7.12. The summed E-state index contributed by atoms with van der Waals surface area (Å²) in [5.41, 5.74) is 0.990. The van der Waals surface area contributed by atoms with Crippen molar-refractivity contribution < 1.29 is 23.1 Å². The third-order valence-electron chi connectivity index (χ3n) is 3.28. The molecule has 1 aromatic carbocycles. The molecule has 0 saturated carbocycles. The van der Waals surface area contributed by atoms with E-state index in [9.17, 15) is 18.0 Å².